The minimum atomic E-state index is -0.551. The fourth-order valence-corrected chi connectivity index (χ4v) is 2.28. The number of β-amino-alcohol motifs (C(OH)–C–C–N with tert-alkyl or cyclic N) is 1. The first kappa shape index (κ1) is 14.8. The molecule has 1 fully saturated rings. The number of carbonyl (C=O) groups excluding carboxylic acids is 1. The van der Waals surface area contributed by atoms with Crippen LogP contribution in [0, 0.1) is 5.92 Å². The van der Waals surface area contributed by atoms with E-state index in [1.54, 1.807) is 18.1 Å². The zero-order valence-electron chi connectivity index (χ0n) is 12.4. The summed E-state index contributed by atoms with van der Waals surface area (Å²) in [5.74, 6) is -0.0285. The predicted octanol–water partition coefficient (Wildman–Crippen LogP) is 0.585. The fraction of sp³-hybridized carbons (Fsp3) is 0.769. The van der Waals surface area contributed by atoms with Crippen molar-refractivity contribution in [1.29, 1.82) is 0 Å². The molecule has 2 rings (SSSR count). The molecular formula is C13H22N4O3. The van der Waals surface area contributed by atoms with Gasteiger partial charge in [0.1, 0.15) is 5.60 Å². The molecule has 2 heterocycles. The zero-order chi connectivity index (χ0) is 14.9. The summed E-state index contributed by atoms with van der Waals surface area (Å²) in [5, 5.41) is 18.3. The third kappa shape index (κ3) is 3.69. The number of likely N-dealkylation sites (tertiary alicyclic amines) is 1. The monoisotopic (exact) mass is 282 g/mol. The molecule has 1 aromatic heterocycles. The topological polar surface area (TPSA) is 80.5 Å². The smallest absolute Gasteiger partial charge is 0.410 e. The molecule has 1 aromatic rings. The van der Waals surface area contributed by atoms with Crippen LogP contribution in [0.1, 0.15) is 26.5 Å². The molecule has 1 amide bonds. The van der Waals surface area contributed by atoms with E-state index < -0.39 is 11.7 Å². The van der Waals surface area contributed by atoms with Crippen LogP contribution in [0.15, 0.2) is 6.20 Å². The van der Waals surface area contributed by atoms with E-state index in [0.29, 0.717) is 19.5 Å². The molecule has 2 unspecified atom stereocenters. The van der Waals surface area contributed by atoms with Crippen LogP contribution < -0.4 is 0 Å². The number of aromatic nitrogens is 3. The summed E-state index contributed by atoms with van der Waals surface area (Å²) in [6, 6.07) is 0. The second kappa shape index (κ2) is 5.40. The number of ether oxygens (including phenoxy) is 1. The van der Waals surface area contributed by atoms with Crippen LogP contribution in [0.25, 0.3) is 0 Å². The van der Waals surface area contributed by atoms with Gasteiger partial charge in [-0.05, 0) is 20.8 Å². The SMILES string of the molecule is Cn1ncc(CC2CN(C(=O)OC(C)(C)C)CC2O)n1. The van der Waals surface area contributed by atoms with Gasteiger partial charge in [0.05, 0.1) is 24.5 Å². The Morgan fingerprint density at radius 2 is 2.20 bits per heavy atom. The number of carbonyl (C=O) groups is 1. The van der Waals surface area contributed by atoms with Crippen molar-refractivity contribution in [2.75, 3.05) is 13.1 Å². The van der Waals surface area contributed by atoms with Gasteiger partial charge in [0, 0.05) is 25.9 Å². The number of aliphatic hydroxyl groups is 1. The first-order valence-corrected chi connectivity index (χ1v) is 6.76. The molecular weight excluding hydrogens is 260 g/mol. The molecule has 0 radical (unpaired) electrons. The number of amides is 1. The van der Waals surface area contributed by atoms with Crippen molar-refractivity contribution in [3.05, 3.63) is 11.9 Å². The maximum Gasteiger partial charge on any atom is 0.410 e. The van der Waals surface area contributed by atoms with Gasteiger partial charge in [-0.3, -0.25) is 0 Å². The van der Waals surface area contributed by atoms with Gasteiger partial charge >= 0.3 is 6.09 Å². The Morgan fingerprint density at radius 1 is 1.50 bits per heavy atom. The molecule has 0 saturated carbocycles. The molecule has 1 saturated heterocycles. The highest BCUT2D eigenvalue weighted by molar-refractivity contribution is 5.68. The van der Waals surface area contributed by atoms with Crippen LogP contribution in [0.3, 0.4) is 0 Å². The van der Waals surface area contributed by atoms with Crippen LogP contribution >= 0.6 is 0 Å². The number of aliphatic hydroxyl groups excluding tert-OH is 1. The van der Waals surface area contributed by atoms with Gasteiger partial charge in [0.15, 0.2) is 0 Å². The quantitative estimate of drug-likeness (QED) is 0.858. The number of aryl methyl sites for hydroxylation is 1. The highest BCUT2D eigenvalue weighted by Gasteiger charge is 2.36. The van der Waals surface area contributed by atoms with Gasteiger partial charge in [-0.25, -0.2) is 4.79 Å². The Bertz CT molecular complexity index is 480. The standard InChI is InChI=1S/C13H22N4O3/c1-13(2,3)20-12(19)17-7-9(11(18)8-17)5-10-6-14-16(4)15-10/h6,9,11,18H,5,7-8H2,1-4H3. The van der Waals surface area contributed by atoms with Crippen LogP contribution in [0.4, 0.5) is 4.79 Å². The Balaban J connectivity index is 1.93. The largest absolute Gasteiger partial charge is 0.444 e. The number of hydrogen-bond donors (Lipinski definition) is 1. The van der Waals surface area contributed by atoms with E-state index in [1.165, 1.54) is 4.80 Å². The van der Waals surface area contributed by atoms with Gasteiger partial charge in [-0.1, -0.05) is 0 Å². The maximum absolute atomic E-state index is 12.0. The van der Waals surface area contributed by atoms with Crippen LogP contribution in [0.5, 0.6) is 0 Å². The molecule has 7 nitrogen and oxygen atoms in total. The van der Waals surface area contributed by atoms with E-state index in [9.17, 15) is 9.90 Å². The van der Waals surface area contributed by atoms with Crippen LogP contribution in [-0.2, 0) is 18.2 Å². The average Bonchev–Trinajstić information content (AvgIpc) is 2.85. The van der Waals surface area contributed by atoms with Crippen molar-refractivity contribution in [2.45, 2.75) is 38.9 Å². The first-order valence-electron chi connectivity index (χ1n) is 6.76. The molecule has 7 heteroatoms. The summed E-state index contributed by atoms with van der Waals surface area (Å²) >= 11 is 0. The Morgan fingerprint density at radius 3 is 2.75 bits per heavy atom. The molecule has 0 spiro atoms. The lowest BCUT2D eigenvalue weighted by molar-refractivity contribution is 0.0269. The van der Waals surface area contributed by atoms with Crippen molar-refractivity contribution in [3.63, 3.8) is 0 Å². The number of rotatable bonds is 2. The second-order valence-corrected chi connectivity index (χ2v) is 6.24. The predicted molar refractivity (Wildman–Crippen MR) is 72.0 cm³/mol. The van der Waals surface area contributed by atoms with Crippen molar-refractivity contribution in [1.82, 2.24) is 19.9 Å². The van der Waals surface area contributed by atoms with Gasteiger partial charge < -0.3 is 14.7 Å². The molecule has 112 valence electrons. The molecule has 0 bridgehead atoms. The summed E-state index contributed by atoms with van der Waals surface area (Å²) in [4.78, 5) is 15.0. The van der Waals surface area contributed by atoms with E-state index in [2.05, 4.69) is 10.2 Å². The Hall–Kier alpha value is -1.63. The lowest BCUT2D eigenvalue weighted by Gasteiger charge is -2.24. The second-order valence-electron chi connectivity index (χ2n) is 6.24. The van der Waals surface area contributed by atoms with E-state index in [-0.39, 0.29) is 12.0 Å². The van der Waals surface area contributed by atoms with Crippen molar-refractivity contribution in [2.24, 2.45) is 13.0 Å². The van der Waals surface area contributed by atoms with E-state index in [0.717, 1.165) is 5.69 Å². The molecule has 1 aliphatic rings. The van der Waals surface area contributed by atoms with E-state index in [4.69, 9.17) is 4.74 Å². The molecule has 0 aromatic carbocycles. The van der Waals surface area contributed by atoms with E-state index >= 15 is 0 Å². The minimum absolute atomic E-state index is 0.0285. The Kier molecular flexibility index (Phi) is 3.99. The zero-order valence-corrected chi connectivity index (χ0v) is 12.4. The summed E-state index contributed by atoms with van der Waals surface area (Å²) < 4.78 is 5.32. The normalized spacial score (nSPS) is 23.1. The van der Waals surface area contributed by atoms with Gasteiger partial charge in [-0.15, -0.1) is 0 Å². The third-order valence-electron chi connectivity index (χ3n) is 3.18. The highest BCUT2D eigenvalue weighted by atomic mass is 16.6. The summed E-state index contributed by atoms with van der Waals surface area (Å²) in [6.45, 7) is 6.27. The average molecular weight is 282 g/mol. The number of nitrogens with zero attached hydrogens (tertiary/aromatic N) is 4. The van der Waals surface area contributed by atoms with E-state index in [1.807, 2.05) is 20.8 Å². The molecule has 20 heavy (non-hydrogen) atoms. The number of hydrogen-bond acceptors (Lipinski definition) is 5. The first-order chi connectivity index (χ1) is 9.24. The lowest BCUT2D eigenvalue weighted by Crippen LogP contribution is -2.35. The molecule has 0 aliphatic carbocycles. The van der Waals surface area contributed by atoms with Gasteiger partial charge in [0.25, 0.3) is 0 Å². The summed E-state index contributed by atoms with van der Waals surface area (Å²) in [5.41, 5.74) is 0.299. The van der Waals surface area contributed by atoms with Crippen molar-refractivity contribution in [3.8, 4) is 0 Å². The van der Waals surface area contributed by atoms with Crippen molar-refractivity contribution < 1.29 is 14.6 Å². The molecule has 1 N–H and O–H groups in total. The van der Waals surface area contributed by atoms with Gasteiger partial charge in [-0.2, -0.15) is 15.0 Å². The minimum Gasteiger partial charge on any atom is -0.444 e. The molecule has 2 atom stereocenters. The fourth-order valence-electron chi connectivity index (χ4n) is 2.28. The van der Waals surface area contributed by atoms with Crippen molar-refractivity contribution >= 4 is 6.09 Å². The van der Waals surface area contributed by atoms with Crippen LogP contribution in [-0.4, -0.2) is 55.9 Å². The summed E-state index contributed by atoms with van der Waals surface area (Å²) in [6.07, 6.45) is 1.36. The maximum atomic E-state index is 12.0. The third-order valence-corrected chi connectivity index (χ3v) is 3.18. The van der Waals surface area contributed by atoms with Gasteiger partial charge in [0.2, 0.25) is 0 Å². The molecule has 1 aliphatic heterocycles. The summed E-state index contributed by atoms with van der Waals surface area (Å²) in [7, 11) is 1.75. The lowest BCUT2D eigenvalue weighted by atomic mass is 10.0. The van der Waals surface area contributed by atoms with Crippen LogP contribution in [0.2, 0.25) is 0 Å². The highest BCUT2D eigenvalue weighted by Crippen LogP contribution is 2.22. The Labute approximate surface area is 118 Å².